The monoisotopic (exact) mass is 364 g/mol. The zero-order chi connectivity index (χ0) is 15.8. The molecule has 0 bridgehead atoms. The maximum absolute atomic E-state index is 12.9. The number of anilines is 1. The van der Waals surface area contributed by atoms with Gasteiger partial charge in [-0.15, -0.1) is 0 Å². The van der Waals surface area contributed by atoms with E-state index in [1.165, 1.54) is 12.1 Å². The van der Waals surface area contributed by atoms with Gasteiger partial charge in [-0.3, -0.25) is 0 Å². The predicted molar refractivity (Wildman–Crippen MR) is 82.4 cm³/mol. The van der Waals surface area contributed by atoms with Crippen LogP contribution in [0.3, 0.4) is 0 Å². The summed E-state index contributed by atoms with van der Waals surface area (Å²) in [6, 6.07) is 4.94. The van der Waals surface area contributed by atoms with Crippen molar-refractivity contribution < 1.29 is 13.2 Å². The molecule has 2 rings (SSSR count). The number of benzene rings is 1. The van der Waals surface area contributed by atoms with Crippen molar-refractivity contribution in [3.63, 3.8) is 0 Å². The molecule has 0 aliphatic carbocycles. The van der Waals surface area contributed by atoms with Crippen molar-refractivity contribution in [1.29, 1.82) is 0 Å². The van der Waals surface area contributed by atoms with Crippen LogP contribution in [0.4, 0.5) is 18.9 Å². The lowest BCUT2D eigenvalue weighted by Gasteiger charge is -2.40. The van der Waals surface area contributed by atoms with Gasteiger partial charge >= 0.3 is 6.18 Å². The van der Waals surface area contributed by atoms with Crippen molar-refractivity contribution in [2.45, 2.75) is 38.5 Å². The molecule has 1 fully saturated rings. The molecule has 3 unspecified atom stereocenters. The molecular weight excluding hydrogens is 345 g/mol. The molecule has 21 heavy (non-hydrogen) atoms. The topological polar surface area (TPSA) is 15.3 Å². The molecule has 0 spiro atoms. The minimum atomic E-state index is -4.35. The van der Waals surface area contributed by atoms with Gasteiger partial charge in [0.05, 0.1) is 5.56 Å². The van der Waals surface area contributed by atoms with Crippen LogP contribution in [0.15, 0.2) is 22.7 Å². The molecule has 1 aliphatic heterocycles. The molecule has 0 aromatic heterocycles. The molecule has 2 nitrogen and oxygen atoms in total. The number of hydrogen-bond acceptors (Lipinski definition) is 2. The summed E-state index contributed by atoms with van der Waals surface area (Å²) in [6.45, 7) is 5.22. The fourth-order valence-corrected chi connectivity index (χ4v) is 3.26. The van der Waals surface area contributed by atoms with Gasteiger partial charge in [-0.05, 0) is 44.5 Å². The first-order valence-electron chi connectivity index (χ1n) is 7.02. The number of nitrogens with zero attached hydrogens (tertiary/aromatic N) is 1. The fraction of sp³-hybridized carbons (Fsp3) is 0.600. The third-order valence-electron chi connectivity index (χ3n) is 4.23. The van der Waals surface area contributed by atoms with Crippen LogP contribution >= 0.6 is 15.9 Å². The maximum Gasteiger partial charge on any atom is 0.417 e. The number of halogens is 4. The van der Waals surface area contributed by atoms with Gasteiger partial charge in [-0.2, -0.15) is 13.2 Å². The molecule has 6 heteroatoms. The van der Waals surface area contributed by atoms with Crippen LogP contribution in [0, 0.1) is 5.92 Å². The average Bonchev–Trinajstić information content (AvgIpc) is 2.37. The maximum atomic E-state index is 12.9. The molecule has 3 atom stereocenters. The molecule has 1 saturated heterocycles. The van der Waals surface area contributed by atoms with E-state index in [0.29, 0.717) is 17.6 Å². The first-order chi connectivity index (χ1) is 9.68. The standard InChI is InChI=1S/C15H20BrF3N2/c1-9-8-21(3)10(2)6-14(9)20-11-4-5-13(16)12(7-11)15(17,18)19/h4-5,7,9-10,14,20H,6,8H2,1-3H3. The first kappa shape index (κ1) is 16.6. The van der Waals surface area contributed by atoms with Crippen LogP contribution < -0.4 is 5.32 Å². The van der Waals surface area contributed by atoms with Gasteiger partial charge in [0, 0.05) is 28.8 Å². The highest BCUT2D eigenvalue weighted by atomic mass is 79.9. The predicted octanol–water partition coefficient (Wildman–Crippen LogP) is 4.61. The normalized spacial score (nSPS) is 27.7. The summed E-state index contributed by atoms with van der Waals surface area (Å²) in [5.74, 6) is 0.393. The van der Waals surface area contributed by atoms with Crippen LogP contribution in [-0.2, 0) is 6.18 Å². The van der Waals surface area contributed by atoms with Crippen molar-refractivity contribution in [2.75, 3.05) is 18.9 Å². The molecule has 1 heterocycles. The van der Waals surface area contributed by atoms with E-state index in [-0.39, 0.29) is 10.5 Å². The van der Waals surface area contributed by atoms with E-state index in [1.807, 2.05) is 0 Å². The van der Waals surface area contributed by atoms with Gasteiger partial charge < -0.3 is 10.2 Å². The van der Waals surface area contributed by atoms with Gasteiger partial charge in [-0.1, -0.05) is 22.9 Å². The molecule has 1 aliphatic rings. The smallest absolute Gasteiger partial charge is 0.382 e. The Balaban J connectivity index is 2.16. The van der Waals surface area contributed by atoms with Gasteiger partial charge in [-0.25, -0.2) is 0 Å². The average molecular weight is 365 g/mol. The van der Waals surface area contributed by atoms with E-state index in [4.69, 9.17) is 0 Å². The zero-order valence-electron chi connectivity index (χ0n) is 12.3. The molecule has 1 aromatic carbocycles. The number of piperidine rings is 1. The summed E-state index contributed by atoms with van der Waals surface area (Å²) in [5.41, 5.74) is -0.111. The SMILES string of the molecule is CC1CN(C)C(C)CC1Nc1ccc(Br)c(C(F)(F)F)c1. The third-order valence-corrected chi connectivity index (χ3v) is 4.93. The molecule has 1 aromatic rings. The van der Waals surface area contributed by atoms with Gasteiger partial charge in [0.25, 0.3) is 0 Å². The Morgan fingerprint density at radius 3 is 2.57 bits per heavy atom. The Bertz CT molecular complexity index is 504. The molecule has 0 saturated carbocycles. The summed E-state index contributed by atoms with van der Waals surface area (Å²) < 4.78 is 38.9. The van der Waals surface area contributed by atoms with Gasteiger partial charge in [0.1, 0.15) is 0 Å². The Morgan fingerprint density at radius 2 is 1.95 bits per heavy atom. The molecule has 1 N–H and O–H groups in total. The largest absolute Gasteiger partial charge is 0.417 e. The summed E-state index contributed by atoms with van der Waals surface area (Å²) in [4.78, 5) is 2.28. The Kier molecular flexibility index (Phi) is 4.88. The van der Waals surface area contributed by atoms with Crippen LogP contribution in [0.5, 0.6) is 0 Å². The van der Waals surface area contributed by atoms with E-state index in [1.54, 1.807) is 6.07 Å². The quantitative estimate of drug-likeness (QED) is 0.824. The molecular formula is C15H20BrF3N2. The first-order valence-corrected chi connectivity index (χ1v) is 7.81. The second-order valence-electron chi connectivity index (χ2n) is 5.94. The molecule has 118 valence electrons. The number of rotatable bonds is 2. The third kappa shape index (κ3) is 3.92. The highest BCUT2D eigenvalue weighted by Crippen LogP contribution is 2.37. The van der Waals surface area contributed by atoms with Crippen LogP contribution in [-0.4, -0.2) is 30.6 Å². The van der Waals surface area contributed by atoms with Crippen molar-refractivity contribution >= 4 is 21.6 Å². The Hall–Kier alpha value is -0.750. The zero-order valence-corrected chi connectivity index (χ0v) is 13.9. The van der Waals surface area contributed by atoms with Crippen molar-refractivity contribution in [3.8, 4) is 0 Å². The van der Waals surface area contributed by atoms with Gasteiger partial charge in [0.15, 0.2) is 0 Å². The van der Waals surface area contributed by atoms with Crippen LogP contribution in [0.2, 0.25) is 0 Å². The molecule has 0 radical (unpaired) electrons. The summed E-state index contributed by atoms with van der Waals surface area (Å²) in [7, 11) is 2.08. The number of nitrogens with one attached hydrogen (secondary N) is 1. The highest BCUT2D eigenvalue weighted by Gasteiger charge is 2.34. The highest BCUT2D eigenvalue weighted by molar-refractivity contribution is 9.10. The minimum Gasteiger partial charge on any atom is -0.382 e. The summed E-state index contributed by atoms with van der Waals surface area (Å²) in [6.07, 6.45) is -3.42. The summed E-state index contributed by atoms with van der Waals surface area (Å²) >= 11 is 2.97. The Labute approximate surface area is 131 Å². The molecule has 0 amide bonds. The lowest BCUT2D eigenvalue weighted by Crippen LogP contribution is -2.48. The number of alkyl halides is 3. The Morgan fingerprint density at radius 1 is 1.29 bits per heavy atom. The van der Waals surface area contributed by atoms with Crippen molar-refractivity contribution in [2.24, 2.45) is 5.92 Å². The van der Waals surface area contributed by atoms with E-state index >= 15 is 0 Å². The van der Waals surface area contributed by atoms with Crippen molar-refractivity contribution in [3.05, 3.63) is 28.2 Å². The van der Waals surface area contributed by atoms with E-state index in [9.17, 15) is 13.2 Å². The van der Waals surface area contributed by atoms with E-state index in [0.717, 1.165) is 13.0 Å². The van der Waals surface area contributed by atoms with Crippen LogP contribution in [0.25, 0.3) is 0 Å². The summed E-state index contributed by atoms with van der Waals surface area (Å²) in [5, 5.41) is 3.27. The van der Waals surface area contributed by atoms with E-state index in [2.05, 4.69) is 47.0 Å². The number of hydrogen-bond donors (Lipinski definition) is 1. The minimum absolute atomic E-state index is 0.0744. The van der Waals surface area contributed by atoms with Crippen molar-refractivity contribution in [1.82, 2.24) is 4.90 Å². The van der Waals surface area contributed by atoms with Gasteiger partial charge in [0.2, 0.25) is 0 Å². The van der Waals surface area contributed by atoms with Crippen LogP contribution in [0.1, 0.15) is 25.8 Å². The number of likely N-dealkylation sites (tertiary alicyclic amines) is 1. The lowest BCUT2D eigenvalue weighted by atomic mass is 9.89. The fourth-order valence-electron chi connectivity index (χ4n) is 2.79. The second-order valence-corrected chi connectivity index (χ2v) is 6.80. The second kappa shape index (κ2) is 6.16. The lowest BCUT2D eigenvalue weighted by molar-refractivity contribution is -0.138. The van der Waals surface area contributed by atoms with E-state index < -0.39 is 11.7 Å².